The lowest BCUT2D eigenvalue weighted by atomic mass is 9.92. The highest BCUT2D eigenvalue weighted by atomic mass is 16.5. The van der Waals surface area contributed by atoms with Crippen LogP contribution >= 0.6 is 0 Å². The van der Waals surface area contributed by atoms with E-state index in [1.165, 1.54) is 6.42 Å². The van der Waals surface area contributed by atoms with Crippen molar-refractivity contribution in [3.63, 3.8) is 0 Å². The number of aryl methyl sites for hydroxylation is 2. The van der Waals surface area contributed by atoms with Crippen LogP contribution in [0, 0.1) is 18.8 Å². The van der Waals surface area contributed by atoms with Crippen LogP contribution in [0.1, 0.15) is 50.7 Å². The normalized spacial score (nSPS) is 18.5. The molecule has 33 heavy (non-hydrogen) atoms. The molecular formula is C25H33N5O3. The third kappa shape index (κ3) is 5.43. The Bertz CT molecular complexity index is 1100. The van der Waals surface area contributed by atoms with Gasteiger partial charge in [0, 0.05) is 38.0 Å². The minimum atomic E-state index is -0.0551. The number of benzene rings is 1. The van der Waals surface area contributed by atoms with Gasteiger partial charge in [0.1, 0.15) is 22.8 Å². The Kier molecular flexibility index (Phi) is 7.11. The van der Waals surface area contributed by atoms with E-state index in [1.807, 2.05) is 38.1 Å². The molecule has 1 aliphatic heterocycles. The molecule has 0 saturated carbocycles. The van der Waals surface area contributed by atoms with Crippen molar-refractivity contribution >= 4 is 22.8 Å². The van der Waals surface area contributed by atoms with E-state index in [9.17, 15) is 4.79 Å². The van der Waals surface area contributed by atoms with Crippen molar-refractivity contribution < 1.29 is 14.1 Å². The fraction of sp³-hybridized carbons (Fsp3) is 0.520. The minimum Gasteiger partial charge on any atom is -0.494 e. The van der Waals surface area contributed by atoms with Gasteiger partial charge in [-0.3, -0.25) is 4.79 Å². The maximum Gasteiger partial charge on any atom is 0.263 e. The van der Waals surface area contributed by atoms with E-state index in [-0.39, 0.29) is 5.91 Å². The molecule has 0 bridgehead atoms. The molecule has 3 heterocycles. The second-order valence-corrected chi connectivity index (χ2v) is 9.08. The lowest BCUT2D eigenvalue weighted by Gasteiger charge is -2.36. The number of amides is 1. The summed E-state index contributed by atoms with van der Waals surface area (Å²) >= 11 is 0. The highest BCUT2D eigenvalue weighted by molar-refractivity contribution is 5.88. The fourth-order valence-corrected chi connectivity index (χ4v) is 4.64. The highest BCUT2D eigenvalue weighted by Crippen LogP contribution is 2.32. The average molecular weight is 452 g/mol. The fourth-order valence-electron chi connectivity index (χ4n) is 4.64. The Morgan fingerprint density at radius 3 is 2.73 bits per heavy atom. The molecule has 176 valence electrons. The number of nitrogens with one attached hydrogen (secondary N) is 1. The molecule has 2 aromatic heterocycles. The van der Waals surface area contributed by atoms with E-state index in [0.29, 0.717) is 49.4 Å². The summed E-state index contributed by atoms with van der Waals surface area (Å²) in [6, 6.07) is 7.74. The quantitative estimate of drug-likeness (QED) is 0.552. The van der Waals surface area contributed by atoms with Crippen molar-refractivity contribution in [3.05, 3.63) is 41.3 Å². The highest BCUT2D eigenvalue weighted by Gasteiger charge is 2.27. The summed E-state index contributed by atoms with van der Waals surface area (Å²) in [5.74, 6) is 3.40. The van der Waals surface area contributed by atoms with E-state index in [4.69, 9.17) is 14.2 Å². The van der Waals surface area contributed by atoms with E-state index >= 15 is 0 Å². The Morgan fingerprint density at radius 2 is 1.97 bits per heavy atom. The van der Waals surface area contributed by atoms with Gasteiger partial charge in [0.15, 0.2) is 0 Å². The van der Waals surface area contributed by atoms with Crippen molar-refractivity contribution in [2.24, 2.45) is 11.8 Å². The average Bonchev–Trinajstić information content (AvgIpc) is 3.17. The number of para-hydroxylation sites is 1. The number of hydrogen-bond donors (Lipinski definition) is 1. The number of rotatable bonds is 8. The van der Waals surface area contributed by atoms with Gasteiger partial charge in [0.25, 0.3) is 5.71 Å². The number of anilines is 1. The van der Waals surface area contributed by atoms with Crippen LogP contribution in [0.15, 0.2) is 28.8 Å². The van der Waals surface area contributed by atoms with Crippen molar-refractivity contribution in [2.45, 2.75) is 53.5 Å². The van der Waals surface area contributed by atoms with Crippen molar-refractivity contribution in [3.8, 4) is 5.75 Å². The Balaban J connectivity index is 1.45. The molecule has 8 nitrogen and oxygen atoms in total. The first-order valence-corrected chi connectivity index (χ1v) is 11.8. The van der Waals surface area contributed by atoms with Gasteiger partial charge in [0.2, 0.25) is 5.91 Å². The summed E-state index contributed by atoms with van der Waals surface area (Å²) in [6.45, 7) is 11.3. The third-order valence-corrected chi connectivity index (χ3v) is 6.03. The first-order valence-electron chi connectivity index (χ1n) is 11.8. The predicted octanol–water partition coefficient (Wildman–Crippen LogP) is 4.06. The molecular weight excluding hydrogens is 418 g/mol. The Hall–Kier alpha value is -3.16. The molecule has 1 fully saturated rings. The van der Waals surface area contributed by atoms with Crippen LogP contribution in [0.2, 0.25) is 0 Å². The van der Waals surface area contributed by atoms with Gasteiger partial charge in [-0.15, -0.1) is 0 Å². The van der Waals surface area contributed by atoms with Gasteiger partial charge < -0.3 is 19.5 Å². The third-order valence-electron chi connectivity index (χ3n) is 6.03. The van der Waals surface area contributed by atoms with Crippen molar-refractivity contribution in [1.29, 1.82) is 0 Å². The second kappa shape index (κ2) is 10.2. The molecule has 0 spiro atoms. The van der Waals surface area contributed by atoms with Gasteiger partial charge in [-0.05, 0) is 38.2 Å². The number of aromatic nitrogens is 3. The van der Waals surface area contributed by atoms with Gasteiger partial charge >= 0.3 is 0 Å². The predicted molar refractivity (Wildman–Crippen MR) is 127 cm³/mol. The van der Waals surface area contributed by atoms with Gasteiger partial charge in [0.05, 0.1) is 12.3 Å². The van der Waals surface area contributed by atoms with Gasteiger partial charge in [-0.2, -0.15) is 4.98 Å². The van der Waals surface area contributed by atoms with Crippen LogP contribution in [0.5, 0.6) is 5.75 Å². The van der Waals surface area contributed by atoms with Gasteiger partial charge in [-0.1, -0.05) is 37.2 Å². The summed E-state index contributed by atoms with van der Waals surface area (Å²) in [7, 11) is 0. The largest absolute Gasteiger partial charge is 0.494 e. The van der Waals surface area contributed by atoms with E-state index in [1.54, 1.807) is 0 Å². The van der Waals surface area contributed by atoms with E-state index in [0.717, 1.165) is 41.3 Å². The van der Waals surface area contributed by atoms with E-state index in [2.05, 4.69) is 34.2 Å². The van der Waals surface area contributed by atoms with Crippen molar-refractivity contribution in [1.82, 2.24) is 20.4 Å². The lowest BCUT2D eigenvalue weighted by Crippen LogP contribution is -2.39. The minimum absolute atomic E-state index is 0.0551. The topological polar surface area (TPSA) is 93.4 Å². The molecule has 0 aliphatic carbocycles. The summed E-state index contributed by atoms with van der Waals surface area (Å²) in [4.78, 5) is 24.3. The number of fused-ring (bicyclic) bond motifs is 1. The van der Waals surface area contributed by atoms with Crippen LogP contribution in [-0.2, 0) is 17.8 Å². The molecule has 0 unspecified atom stereocenters. The number of hydrogen-bond acceptors (Lipinski definition) is 7. The molecule has 1 aliphatic rings. The van der Waals surface area contributed by atoms with E-state index < -0.39 is 0 Å². The van der Waals surface area contributed by atoms with Gasteiger partial charge in [-0.25, -0.2) is 4.98 Å². The molecule has 2 atom stereocenters. The summed E-state index contributed by atoms with van der Waals surface area (Å²) in [5.41, 5.74) is 2.24. The zero-order chi connectivity index (χ0) is 23.4. The molecule has 1 amide bonds. The first kappa shape index (κ1) is 23.0. The maximum atomic E-state index is 12.5. The monoisotopic (exact) mass is 451 g/mol. The molecule has 1 saturated heterocycles. The zero-order valence-corrected chi connectivity index (χ0v) is 19.9. The Morgan fingerprint density at radius 1 is 1.21 bits per heavy atom. The van der Waals surface area contributed by atoms with Crippen LogP contribution in [0.4, 0.5) is 5.82 Å². The number of carbonyl (C=O) groups is 1. The molecule has 1 aromatic carbocycles. The lowest BCUT2D eigenvalue weighted by molar-refractivity contribution is -0.121. The molecule has 8 heteroatoms. The maximum absolute atomic E-state index is 12.5. The number of nitrogens with zero attached hydrogens (tertiary/aromatic N) is 4. The van der Waals surface area contributed by atoms with Crippen LogP contribution in [0.25, 0.3) is 11.1 Å². The van der Waals surface area contributed by atoms with Crippen LogP contribution < -0.4 is 15.0 Å². The second-order valence-electron chi connectivity index (χ2n) is 9.08. The molecule has 4 rings (SSSR count). The standard InChI is InChI=1S/C25H33N5O3/c1-5-32-20-9-7-6-8-19(20)13-26-22(31)11-10-21-27-24(23-18(4)29-33-25(23)28-21)30-14-16(2)12-17(3)15-30/h6-9,16-17H,5,10-15H2,1-4H3,(H,26,31)/t16-,17-/m0/s1. The smallest absolute Gasteiger partial charge is 0.263 e. The van der Waals surface area contributed by atoms with Crippen LogP contribution in [-0.4, -0.2) is 40.7 Å². The summed E-state index contributed by atoms with van der Waals surface area (Å²) in [6.07, 6.45) is 1.94. The first-order chi connectivity index (χ1) is 15.9. The summed E-state index contributed by atoms with van der Waals surface area (Å²) in [5, 5.41) is 7.97. The SMILES string of the molecule is CCOc1ccccc1CNC(=O)CCc1nc(N2C[C@@H](C)C[C@H](C)C2)c2c(C)noc2n1. The number of piperidine rings is 1. The summed E-state index contributed by atoms with van der Waals surface area (Å²) < 4.78 is 11.1. The van der Waals surface area contributed by atoms with Crippen molar-refractivity contribution in [2.75, 3.05) is 24.6 Å². The number of ether oxygens (including phenoxy) is 1. The zero-order valence-electron chi connectivity index (χ0n) is 19.9. The number of carbonyl (C=O) groups excluding carboxylic acids is 1. The Labute approximate surface area is 194 Å². The van der Waals surface area contributed by atoms with Crippen LogP contribution in [0.3, 0.4) is 0 Å². The molecule has 0 radical (unpaired) electrons. The molecule has 1 N–H and O–H groups in total. The molecule has 3 aromatic rings.